The van der Waals surface area contributed by atoms with Gasteiger partial charge in [0.25, 0.3) is 0 Å². The molecule has 2 rings (SSSR count). The predicted molar refractivity (Wildman–Crippen MR) is 45.2 cm³/mol. The van der Waals surface area contributed by atoms with E-state index in [0.29, 0.717) is 5.69 Å². The number of hydrogen-bond acceptors (Lipinski definition) is 4. The second-order valence-electron chi connectivity index (χ2n) is 2.29. The molecule has 0 fully saturated rings. The molecular formula is C7H7N3OS. The molecule has 5 heteroatoms. The highest BCUT2D eigenvalue weighted by molar-refractivity contribution is 7.08. The fraction of sp³-hybridized carbons (Fsp3) is 0.143. The fourth-order valence-electron chi connectivity index (χ4n) is 0.885. The molecule has 62 valence electrons. The van der Waals surface area contributed by atoms with Crippen molar-refractivity contribution in [1.29, 1.82) is 0 Å². The van der Waals surface area contributed by atoms with Crippen LogP contribution in [0.4, 0.5) is 0 Å². The SMILES string of the molecule is OCc1cn(-c2ccsc2)nn1. The van der Waals surface area contributed by atoms with E-state index >= 15 is 0 Å². The molecule has 0 spiro atoms. The first-order valence-corrected chi connectivity index (χ1v) is 4.39. The van der Waals surface area contributed by atoms with Crippen molar-refractivity contribution in [2.75, 3.05) is 0 Å². The Kier molecular flexibility index (Phi) is 1.89. The number of thiophene rings is 1. The van der Waals surface area contributed by atoms with E-state index in [1.165, 1.54) is 0 Å². The van der Waals surface area contributed by atoms with Crippen molar-refractivity contribution in [3.63, 3.8) is 0 Å². The maximum atomic E-state index is 8.74. The summed E-state index contributed by atoms with van der Waals surface area (Å²) in [6.07, 6.45) is 1.71. The van der Waals surface area contributed by atoms with Crippen LogP contribution in [0.2, 0.25) is 0 Å². The van der Waals surface area contributed by atoms with Crippen molar-refractivity contribution in [2.45, 2.75) is 6.61 Å². The zero-order chi connectivity index (χ0) is 8.39. The number of hydrogen-bond donors (Lipinski definition) is 1. The van der Waals surface area contributed by atoms with E-state index in [2.05, 4.69) is 10.3 Å². The topological polar surface area (TPSA) is 50.9 Å². The lowest BCUT2D eigenvalue weighted by Gasteiger charge is -1.90. The van der Waals surface area contributed by atoms with Crippen LogP contribution in [0.3, 0.4) is 0 Å². The lowest BCUT2D eigenvalue weighted by molar-refractivity contribution is 0.276. The lowest BCUT2D eigenvalue weighted by atomic mass is 10.5. The molecule has 2 heterocycles. The first-order chi connectivity index (χ1) is 5.90. The molecule has 0 aromatic carbocycles. The van der Waals surface area contributed by atoms with E-state index in [4.69, 9.17) is 5.11 Å². The summed E-state index contributed by atoms with van der Waals surface area (Å²) >= 11 is 1.60. The third kappa shape index (κ3) is 1.24. The molecule has 0 saturated heterocycles. The molecule has 0 aliphatic carbocycles. The number of rotatable bonds is 2. The predicted octanol–water partition coefficient (Wildman–Crippen LogP) is 0.821. The number of aliphatic hydroxyl groups is 1. The molecule has 12 heavy (non-hydrogen) atoms. The summed E-state index contributed by atoms with van der Waals surface area (Å²) in [5, 5.41) is 20.3. The van der Waals surface area contributed by atoms with Crippen LogP contribution in [0.25, 0.3) is 5.69 Å². The highest BCUT2D eigenvalue weighted by atomic mass is 32.1. The van der Waals surface area contributed by atoms with Gasteiger partial charge in [0.05, 0.1) is 18.5 Å². The molecule has 0 saturated carbocycles. The Hall–Kier alpha value is -1.20. The van der Waals surface area contributed by atoms with Gasteiger partial charge in [-0.25, -0.2) is 4.68 Å². The van der Waals surface area contributed by atoms with Gasteiger partial charge < -0.3 is 5.11 Å². The molecule has 2 aromatic heterocycles. The van der Waals surface area contributed by atoms with Gasteiger partial charge in [0, 0.05) is 5.38 Å². The number of aromatic nitrogens is 3. The van der Waals surface area contributed by atoms with Crippen LogP contribution in [0.5, 0.6) is 0 Å². The highest BCUT2D eigenvalue weighted by Gasteiger charge is 2.00. The van der Waals surface area contributed by atoms with Gasteiger partial charge in [-0.1, -0.05) is 5.21 Å². The lowest BCUT2D eigenvalue weighted by Crippen LogP contribution is -1.91. The zero-order valence-electron chi connectivity index (χ0n) is 6.21. The Morgan fingerprint density at radius 1 is 1.58 bits per heavy atom. The summed E-state index contributed by atoms with van der Waals surface area (Å²) < 4.78 is 1.64. The Morgan fingerprint density at radius 3 is 3.08 bits per heavy atom. The Bertz CT molecular complexity index is 354. The molecule has 0 aliphatic heterocycles. The maximum absolute atomic E-state index is 8.74. The summed E-state index contributed by atoms with van der Waals surface area (Å²) in [7, 11) is 0. The molecule has 0 unspecified atom stereocenters. The van der Waals surface area contributed by atoms with Crippen molar-refractivity contribution >= 4 is 11.3 Å². The molecule has 0 amide bonds. The van der Waals surface area contributed by atoms with Crippen LogP contribution < -0.4 is 0 Å². The van der Waals surface area contributed by atoms with Gasteiger partial charge in [-0.05, 0) is 11.4 Å². The molecule has 1 N–H and O–H groups in total. The summed E-state index contributed by atoms with van der Waals surface area (Å²) in [5.41, 5.74) is 1.56. The average Bonchev–Trinajstić information content (AvgIpc) is 2.75. The van der Waals surface area contributed by atoms with Crippen LogP contribution in [-0.2, 0) is 6.61 Å². The van der Waals surface area contributed by atoms with E-state index < -0.39 is 0 Å². The van der Waals surface area contributed by atoms with Gasteiger partial charge in [-0.3, -0.25) is 0 Å². The zero-order valence-corrected chi connectivity index (χ0v) is 7.03. The third-order valence-corrected chi connectivity index (χ3v) is 2.14. The van der Waals surface area contributed by atoms with Crippen LogP contribution in [0.15, 0.2) is 23.0 Å². The van der Waals surface area contributed by atoms with Gasteiger partial charge in [0.1, 0.15) is 5.69 Å². The minimum atomic E-state index is -0.0653. The van der Waals surface area contributed by atoms with E-state index in [-0.39, 0.29) is 6.61 Å². The minimum absolute atomic E-state index is 0.0653. The average molecular weight is 181 g/mol. The van der Waals surface area contributed by atoms with E-state index in [9.17, 15) is 0 Å². The van der Waals surface area contributed by atoms with Crippen LogP contribution in [0.1, 0.15) is 5.69 Å². The minimum Gasteiger partial charge on any atom is -0.390 e. The third-order valence-electron chi connectivity index (χ3n) is 1.47. The summed E-state index contributed by atoms with van der Waals surface area (Å²) in [6.45, 7) is -0.0653. The number of nitrogens with zero attached hydrogens (tertiary/aromatic N) is 3. The van der Waals surface area contributed by atoms with Crippen molar-refractivity contribution < 1.29 is 5.11 Å². The summed E-state index contributed by atoms with van der Waals surface area (Å²) in [5.74, 6) is 0. The van der Waals surface area contributed by atoms with Crippen LogP contribution in [-0.4, -0.2) is 20.1 Å². The highest BCUT2D eigenvalue weighted by Crippen LogP contribution is 2.10. The largest absolute Gasteiger partial charge is 0.390 e. The quantitative estimate of drug-likeness (QED) is 0.746. The van der Waals surface area contributed by atoms with Gasteiger partial charge in [0.15, 0.2) is 0 Å². The standard InChI is InChI=1S/C7H7N3OS/c11-4-6-3-10(9-8-6)7-1-2-12-5-7/h1-3,5,11H,4H2. The van der Waals surface area contributed by atoms with Gasteiger partial charge >= 0.3 is 0 Å². The van der Waals surface area contributed by atoms with Crippen molar-refractivity contribution in [1.82, 2.24) is 15.0 Å². The van der Waals surface area contributed by atoms with Crippen LogP contribution >= 0.6 is 11.3 Å². The molecule has 0 atom stereocenters. The maximum Gasteiger partial charge on any atom is 0.109 e. The Balaban J connectivity index is 2.35. The van der Waals surface area contributed by atoms with Crippen molar-refractivity contribution in [2.24, 2.45) is 0 Å². The monoisotopic (exact) mass is 181 g/mol. The Labute approximate surface area is 73.1 Å². The molecule has 4 nitrogen and oxygen atoms in total. The fourth-order valence-corrected chi connectivity index (χ4v) is 1.51. The molecule has 0 bridgehead atoms. The van der Waals surface area contributed by atoms with Crippen molar-refractivity contribution in [3.8, 4) is 5.69 Å². The molecule has 2 aromatic rings. The van der Waals surface area contributed by atoms with E-state index in [1.807, 2.05) is 16.8 Å². The van der Waals surface area contributed by atoms with Gasteiger partial charge in [-0.15, -0.1) is 5.10 Å². The first-order valence-electron chi connectivity index (χ1n) is 3.45. The second kappa shape index (κ2) is 3.04. The number of aliphatic hydroxyl groups excluding tert-OH is 1. The summed E-state index contributed by atoms with van der Waals surface area (Å²) in [4.78, 5) is 0. The van der Waals surface area contributed by atoms with Crippen LogP contribution in [0, 0.1) is 0 Å². The van der Waals surface area contributed by atoms with Crippen molar-refractivity contribution in [3.05, 3.63) is 28.7 Å². The molecule has 0 radical (unpaired) electrons. The summed E-state index contributed by atoms with van der Waals surface area (Å²) in [6, 6.07) is 1.94. The molecule has 0 aliphatic rings. The first kappa shape index (κ1) is 7.45. The Morgan fingerprint density at radius 2 is 2.50 bits per heavy atom. The van der Waals surface area contributed by atoms with E-state index in [0.717, 1.165) is 5.69 Å². The smallest absolute Gasteiger partial charge is 0.109 e. The van der Waals surface area contributed by atoms with E-state index in [1.54, 1.807) is 22.2 Å². The second-order valence-corrected chi connectivity index (χ2v) is 3.07. The van der Waals surface area contributed by atoms with Gasteiger partial charge in [0.2, 0.25) is 0 Å². The molecular weight excluding hydrogens is 174 g/mol. The normalized spacial score (nSPS) is 10.4. The van der Waals surface area contributed by atoms with Gasteiger partial charge in [-0.2, -0.15) is 11.3 Å².